The molecule has 0 atom stereocenters. The summed E-state index contributed by atoms with van der Waals surface area (Å²) in [5.74, 6) is 0.186. The third kappa shape index (κ3) is 6.56. The van der Waals surface area contributed by atoms with Gasteiger partial charge >= 0.3 is 0 Å². The monoisotopic (exact) mass is 860 g/mol. The van der Waals surface area contributed by atoms with E-state index >= 15 is 0 Å². The molecule has 0 aromatic heterocycles. The van der Waals surface area contributed by atoms with Crippen LogP contribution >= 0.6 is 23.2 Å². The second kappa shape index (κ2) is 16.5. The molecule has 51 heavy (non-hydrogen) atoms. The van der Waals surface area contributed by atoms with Gasteiger partial charge in [-0.2, -0.15) is 0 Å². The molecule has 10 aromatic rings. The van der Waals surface area contributed by atoms with E-state index in [1.165, 1.54) is 0 Å². The summed E-state index contributed by atoms with van der Waals surface area (Å²) in [6, 6.07) is 37.9. The van der Waals surface area contributed by atoms with Gasteiger partial charge in [0.2, 0.25) is 0 Å². The van der Waals surface area contributed by atoms with Gasteiger partial charge in [-0.05, 0) is 0 Å². The van der Waals surface area contributed by atoms with Gasteiger partial charge in [0.1, 0.15) is 0 Å². The molecule has 0 aliphatic rings. The Balaban J connectivity index is 0.000000198. The number of alkyl halides is 2. The smallest absolute Gasteiger partial charge is 0.0967 e. The molecule has 0 heterocycles. The van der Waals surface area contributed by atoms with Crippen LogP contribution < -0.4 is 0 Å². The number of rotatable bonds is 0. The summed E-state index contributed by atoms with van der Waals surface area (Å²) in [5.41, 5.74) is 0. The van der Waals surface area contributed by atoms with Gasteiger partial charge in [-0.15, -0.1) is 126 Å². The van der Waals surface area contributed by atoms with E-state index in [4.69, 9.17) is 23.2 Å². The number of benzene rings is 6. The van der Waals surface area contributed by atoms with E-state index in [2.05, 4.69) is 0 Å². The standard InChI is InChI=1S/C20H10F2.C20H12O2.CH2Cl2.4V/c2*21-19-13-7-3-1-5-11(13)15-9-18-16(10-17(15)19)12-6-2-4-8-14(12)20(18)22;2-1-3;;;;/h1-10H;1-10,21-22H;1H2;;;;/q2*-2;;;;;. The van der Waals surface area contributed by atoms with Gasteiger partial charge in [0, 0.05) is 85.7 Å². The zero-order chi connectivity index (χ0) is 32.4. The molecule has 0 fully saturated rings. The zero-order valence-electron chi connectivity index (χ0n) is 26.4. The van der Waals surface area contributed by atoms with Gasteiger partial charge in [0.25, 0.3) is 0 Å². The molecule has 0 aliphatic heterocycles. The van der Waals surface area contributed by atoms with Crippen molar-refractivity contribution in [2.45, 2.75) is 0 Å². The SMILES string of the molecule is ClCCl.F[c-]1c2ccccc2c2cc3c(cc21)c1ccccc1[c-]3F.O[c-]1c2ccccc2c2cc3c(cc21)c1ccccc1[c-]3O.[V].[V].[V].[V]. The fraction of sp³-hybridized carbons (Fsp3) is 0.0244. The summed E-state index contributed by atoms with van der Waals surface area (Å²) < 4.78 is 29.3. The summed E-state index contributed by atoms with van der Waals surface area (Å²) in [7, 11) is 0. The maximum absolute atomic E-state index is 14.7. The Morgan fingerprint density at radius 3 is 0.941 bits per heavy atom. The van der Waals surface area contributed by atoms with Crippen LogP contribution in [0.1, 0.15) is 0 Å². The molecular weight excluding hydrogens is 837 g/mol. The number of aromatic hydroxyl groups is 2. The van der Waals surface area contributed by atoms with Crippen molar-refractivity contribution in [3.05, 3.63) is 133 Å². The van der Waals surface area contributed by atoms with Crippen molar-refractivity contribution < 1.29 is 93.2 Å². The summed E-state index contributed by atoms with van der Waals surface area (Å²) >= 11 is 9.53. The van der Waals surface area contributed by atoms with Gasteiger partial charge in [0.15, 0.2) is 0 Å². The predicted octanol–water partition coefficient (Wildman–Crippen LogP) is 12.6. The normalized spacial score (nSPS) is 10.7. The quantitative estimate of drug-likeness (QED) is 0.118. The van der Waals surface area contributed by atoms with Crippen LogP contribution in [-0.4, -0.2) is 15.6 Å². The van der Waals surface area contributed by atoms with Crippen LogP contribution in [0, 0.1) is 11.6 Å². The number of halogens is 4. The van der Waals surface area contributed by atoms with Gasteiger partial charge in [-0.1, -0.05) is 105 Å². The Labute approximate surface area is 349 Å². The number of hydrogen-bond donors (Lipinski definition) is 2. The van der Waals surface area contributed by atoms with E-state index in [-0.39, 0.29) is 91.2 Å². The van der Waals surface area contributed by atoms with E-state index in [1.807, 2.05) is 97.1 Å². The van der Waals surface area contributed by atoms with Crippen molar-refractivity contribution in [3.63, 3.8) is 0 Å². The Morgan fingerprint density at radius 1 is 0.373 bits per heavy atom. The topological polar surface area (TPSA) is 40.5 Å². The van der Waals surface area contributed by atoms with Crippen LogP contribution in [0.3, 0.4) is 0 Å². The fourth-order valence-electron chi connectivity index (χ4n) is 7.09. The molecule has 0 amide bonds. The molecule has 10 aromatic carbocycles. The van der Waals surface area contributed by atoms with Crippen LogP contribution in [0.2, 0.25) is 0 Å². The minimum absolute atomic E-state index is 0. The summed E-state index contributed by atoms with van der Waals surface area (Å²) in [4.78, 5) is 0. The molecular formula is C41H24Cl2F2O2V4-4. The van der Waals surface area contributed by atoms with Crippen molar-refractivity contribution in [2.24, 2.45) is 0 Å². The molecule has 0 saturated carbocycles. The predicted molar refractivity (Wildman–Crippen MR) is 195 cm³/mol. The van der Waals surface area contributed by atoms with E-state index in [1.54, 1.807) is 24.3 Å². The Kier molecular flexibility index (Phi) is 13.2. The molecule has 2 N–H and O–H groups in total. The molecule has 0 spiro atoms. The third-order valence-corrected chi connectivity index (χ3v) is 9.15. The first-order valence-electron chi connectivity index (χ1n) is 15.0. The Hall–Kier alpha value is -2.82. The average molecular weight is 861 g/mol. The van der Waals surface area contributed by atoms with Crippen molar-refractivity contribution in [2.75, 3.05) is 5.34 Å². The summed E-state index contributed by atoms with van der Waals surface area (Å²) in [6.45, 7) is 0. The van der Waals surface area contributed by atoms with E-state index in [0.29, 0.717) is 33.0 Å². The first-order valence-corrected chi connectivity index (χ1v) is 16.0. The van der Waals surface area contributed by atoms with Crippen molar-refractivity contribution >= 4 is 109 Å². The largest absolute Gasteiger partial charge is 0.543 e. The summed E-state index contributed by atoms with van der Waals surface area (Å²) in [6.07, 6.45) is 0. The van der Waals surface area contributed by atoms with Gasteiger partial charge < -0.3 is 10.2 Å². The van der Waals surface area contributed by atoms with Gasteiger partial charge in [-0.25, -0.2) is 0 Å². The van der Waals surface area contributed by atoms with Crippen LogP contribution in [0.25, 0.3) is 86.2 Å². The first kappa shape index (κ1) is 40.9. The van der Waals surface area contributed by atoms with Crippen molar-refractivity contribution in [1.82, 2.24) is 0 Å². The molecule has 0 saturated heterocycles. The Morgan fingerprint density at radius 2 is 0.608 bits per heavy atom. The molecule has 10 heteroatoms. The molecule has 0 aliphatic carbocycles. The van der Waals surface area contributed by atoms with E-state index < -0.39 is 0 Å². The molecule has 4 radical (unpaired) electrons. The molecule has 0 unspecified atom stereocenters. The first-order chi connectivity index (χ1) is 22.9. The van der Waals surface area contributed by atoms with Gasteiger partial charge in [-0.3, -0.25) is 8.78 Å². The maximum Gasteiger partial charge on any atom is 0.0967 e. The summed E-state index contributed by atoms with van der Waals surface area (Å²) in [5, 5.41) is 34.1. The second-order valence-corrected chi connectivity index (χ2v) is 12.3. The van der Waals surface area contributed by atoms with Crippen LogP contribution in [0.5, 0.6) is 11.5 Å². The van der Waals surface area contributed by atoms with Crippen LogP contribution in [0.4, 0.5) is 8.78 Å². The second-order valence-electron chi connectivity index (χ2n) is 11.5. The molecule has 0 bridgehead atoms. The van der Waals surface area contributed by atoms with E-state index in [9.17, 15) is 19.0 Å². The van der Waals surface area contributed by atoms with Crippen molar-refractivity contribution in [3.8, 4) is 11.5 Å². The minimum Gasteiger partial charge on any atom is -0.543 e. The number of fused-ring (bicyclic) bond motifs is 12. The fourth-order valence-corrected chi connectivity index (χ4v) is 7.09. The molecule has 252 valence electrons. The Bertz CT molecular complexity index is 2430. The van der Waals surface area contributed by atoms with Crippen LogP contribution in [0.15, 0.2) is 121 Å². The number of hydrogen-bond acceptors (Lipinski definition) is 2. The zero-order valence-corrected chi connectivity index (χ0v) is 33.5. The third-order valence-electron chi connectivity index (χ3n) is 9.15. The minimum atomic E-state index is -0.224. The van der Waals surface area contributed by atoms with Crippen molar-refractivity contribution in [1.29, 1.82) is 0 Å². The molecule has 10 rings (SSSR count). The average Bonchev–Trinajstić information content (AvgIpc) is 3.76. The molecule has 2 nitrogen and oxygen atoms in total. The van der Waals surface area contributed by atoms with E-state index in [0.717, 1.165) is 64.6 Å². The van der Waals surface area contributed by atoms with Crippen LogP contribution in [-0.2, 0) is 74.2 Å². The maximum atomic E-state index is 14.7. The van der Waals surface area contributed by atoms with Gasteiger partial charge in [0.05, 0.1) is 17.0 Å².